The summed E-state index contributed by atoms with van der Waals surface area (Å²) in [6, 6.07) is 19.7. The molecule has 4 rings (SSSR count). The number of hydrogen-bond acceptors (Lipinski definition) is 5. The molecule has 0 aliphatic carbocycles. The molecule has 0 bridgehead atoms. The Morgan fingerprint density at radius 1 is 0.971 bits per heavy atom. The molecule has 2 amide bonds. The third-order valence-corrected chi connectivity index (χ3v) is 5.40. The SMILES string of the molecule is Cc1ccc(C(=O)N/C(=C/c2ccc3c(c2)OCO3)C(=O)N[C@H](Cc2ccccc2)C(=O)O)cc1. The number of carbonyl (C=O) groups is 3. The van der Waals surface area contributed by atoms with E-state index in [1.54, 1.807) is 66.7 Å². The highest BCUT2D eigenvalue weighted by molar-refractivity contribution is 6.06. The average Bonchev–Trinajstić information content (AvgIpc) is 3.32. The van der Waals surface area contributed by atoms with Crippen LogP contribution in [0.15, 0.2) is 78.5 Å². The van der Waals surface area contributed by atoms with Crippen LogP contribution in [0.5, 0.6) is 11.5 Å². The Morgan fingerprint density at radius 2 is 1.69 bits per heavy atom. The molecule has 0 spiro atoms. The minimum Gasteiger partial charge on any atom is -0.480 e. The van der Waals surface area contributed by atoms with Crippen LogP contribution in [-0.2, 0) is 16.0 Å². The quantitative estimate of drug-likeness (QED) is 0.434. The Bertz CT molecular complexity index is 1270. The molecule has 0 radical (unpaired) electrons. The van der Waals surface area contributed by atoms with Gasteiger partial charge in [0.1, 0.15) is 11.7 Å². The van der Waals surface area contributed by atoms with Crippen LogP contribution in [0.4, 0.5) is 0 Å². The average molecular weight is 472 g/mol. The zero-order chi connectivity index (χ0) is 24.8. The van der Waals surface area contributed by atoms with Crippen LogP contribution in [0, 0.1) is 6.92 Å². The summed E-state index contributed by atoms with van der Waals surface area (Å²) in [4.78, 5) is 37.9. The second-order valence-electron chi connectivity index (χ2n) is 8.04. The molecule has 3 aromatic rings. The fourth-order valence-electron chi connectivity index (χ4n) is 3.51. The summed E-state index contributed by atoms with van der Waals surface area (Å²) in [7, 11) is 0. The molecule has 3 aromatic carbocycles. The molecular formula is C27H24N2O6. The number of carboxylic acids is 1. The van der Waals surface area contributed by atoms with E-state index in [-0.39, 0.29) is 18.9 Å². The van der Waals surface area contributed by atoms with Gasteiger partial charge in [0.2, 0.25) is 6.79 Å². The van der Waals surface area contributed by atoms with Crippen molar-refractivity contribution in [3.05, 3.63) is 101 Å². The summed E-state index contributed by atoms with van der Waals surface area (Å²) in [5.41, 5.74) is 2.57. The number of aliphatic carboxylic acids is 1. The molecule has 3 N–H and O–H groups in total. The summed E-state index contributed by atoms with van der Waals surface area (Å²) in [6.45, 7) is 2.00. The van der Waals surface area contributed by atoms with Gasteiger partial charge in [0.15, 0.2) is 11.5 Å². The van der Waals surface area contributed by atoms with Crippen molar-refractivity contribution in [3.8, 4) is 11.5 Å². The van der Waals surface area contributed by atoms with Crippen LogP contribution in [-0.4, -0.2) is 35.7 Å². The Labute approximate surface area is 202 Å². The van der Waals surface area contributed by atoms with E-state index < -0.39 is 23.8 Å². The van der Waals surface area contributed by atoms with E-state index >= 15 is 0 Å². The van der Waals surface area contributed by atoms with Crippen LogP contribution in [0.2, 0.25) is 0 Å². The number of ether oxygens (including phenoxy) is 2. The van der Waals surface area contributed by atoms with Crippen LogP contribution in [0.3, 0.4) is 0 Å². The lowest BCUT2D eigenvalue weighted by molar-refractivity contribution is -0.141. The van der Waals surface area contributed by atoms with Crippen molar-refractivity contribution in [3.63, 3.8) is 0 Å². The molecule has 8 heteroatoms. The van der Waals surface area contributed by atoms with Gasteiger partial charge in [-0.3, -0.25) is 9.59 Å². The third kappa shape index (κ3) is 6.05. The molecule has 1 aliphatic rings. The summed E-state index contributed by atoms with van der Waals surface area (Å²) in [5, 5.41) is 14.8. The van der Waals surface area contributed by atoms with Crippen molar-refractivity contribution >= 4 is 23.9 Å². The Balaban J connectivity index is 1.60. The van der Waals surface area contributed by atoms with Crippen LogP contribution < -0.4 is 20.1 Å². The van der Waals surface area contributed by atoms with Gasteiger partial charge in [0, 0.05) is 12.0 Å². The fraction of sp³-hybridized carbons (Fsp3) is 0.148. The minimum absolute atomic E-state index is 0.0884. The summed E-state index contributed by atoms with van der Waals surface area (Å²) in [5.74, 6) is -1.33. The van der Waals surface area contributed by atoms with Crippen LogP contribution in [0.25, 0.3) is 6.08 Å². The zero-order valence-electron chi connectivity index (χ0n) is 19.0. The van der Waals surface area contributed by atoms with Gasteiger partial charge < -0.3 is 25.2 Å². The number of fused-ring (bicyclic) bond motifs is 1. The van der Waals surface area contributed by atoms with Gasteiger partial charge in [0.05, 0.1) is 0 Å². The number of rotatable bonds is 8. The van der Waals surface area contributed by atoms with Crippen LogP contribution in [0.1, 0.15) is 27.0 Å². The molecule has 0 saturated carbocycles. The number of carbonyl (C=O) groups excluding carboxylic acids is 2. The van der Waals surface area contributed by atoms with Crippen molar-refractivity contribution < 1.29 is 29.0 Å². The lowest BCUT2D eigenvalue weighted by Gasteiger charge is -2.17. The zero-order valence-corrected chi connectivity index (χ0v) is 19.0. The molecule has 0 fully saturated rings. The lowest BCUT2D eigenvalue weighted by atomic mass is 10.1. The summed E-state index contributed by atoms with van der Waals surface area (Å²) >= 11 is 0. The number of nitrogens with one attached hydrogen (secondary N) is 2. The number of amides is 2. The fourth-order valence-corrected chi connectivity index (χ4v) is 3.51. The maximum absolute atomic E-state index is 13.2. The Morgan fingerprint density at radius 3 is 2.40 bits per heavy atom. The highest BCUT2D eigenvalue weighted by Gasteiger charge is 2.24. The molecule has 178 valence electrons. The topological polar surface area (TPSA) is 114 Å². The van der Waals surface area contributed by atoms with E-state index in [2.05, 4.69) is 10.6 Å². The van der Waals surface area contributed by atoms with Crippen molar-refractivity contribution in [2.24, 2.45) is 0 Å². The Hall–Kier alpha value is -4.59. The molecule has 1 heterocycles. The van der Waals surface area contributed by atoms with Gasteiger partial charge >= 0.3 is 5.97 Å². The van der Waals surface area contributed by atoms with Crippen molar-refractivity contribution in [1.82, 2.24) is 10.6 Å². The van der Waals surface area contributed by atoms with Gasteiger partial charge in [0.25, 0.3) is 11.8 Å². The van der Waals surface area contributed by atoms with E-state index in [0.717, 1.165) is 11.1 Å². The van der Waals surface area contributed by atoms with Gasteiger partial charge in [-0.15, -0.1) is 0 Å². The molecule has 1 atom stereocenters. The van der Waals surface area contributed by atoms with Gasteiger partial charge in [-0.1, -0.05) is 54.1 Å². The first kappa shape index (κ1) is 23.6. The second-order valence-corrected chi connectivity index (χ2v) is 8.04. The smallest absolute Gasteiger partial charge is 0.326 e. The van der Waals surface area contributed by atoms with E-state index in [1.807, 2.05) is 13.0 Å². The number of aryl methyl sites for hydroxylation is 1. The molecule has 35 heavy (non-hydrogen) atoms. The second kappa shape index (κ2) is 10.6. The standard InChI is InChI=1S/C27H24N2O6/c1-17-7-10-20(11-8-17)25(30)28-21(14-19-9-12-23-24(15-19)35-16-34-23)26(31)29-22(27(32)33)13-18-5-3-2-4-6-18/h2-12,14-15,22H,13,16H2,1H3,(H,28,30)(H,29,31)(H,32,33)/b21-14+/t22-/m1/s1. The molecule has 1 aliphatic heterocycles. The van der Waals surface area contributed by atoms with Gasteiger partial charge in [-0.05, 0) is 48.4 Å². The maximum Gasteiger partial charge on any atom is 0.326 e. The minimum atomic E-state index is -1.19. The molecule has 0 unspecified atom stereocenters. The van der Waals surface area contributed by atoms with Crippen molar-refractivity contribution in [2.45, 2.75) is 19.4 Å². The van der Waals surface area contributed by atoms with Crippen LogP contribution >= 0.6 is 0 Å². The highest BCUT2D eigenvalue weighted by Crippen LogP contribution is 2.33. The number of hydrogen-bond donors (Lipinski definition) is 3. The normalized spacial score (nSPS) is 13.1. The first-order valence-electron chi connectivity index (χ1n) is 11.0. The van der Waals surface area contributed by atoms with E-state index in [1.165, 1.54) is 6.08 Å². The molecule has 0 saturated heterocycles. The number of carboxylic acid groups (broad SMARTS) is 1. The van der Waals surface area contributed by atoms with Crippen molar-refractivity contribution in [1.29, 1.82) is 0 Å². The first-order chi connectivity index (χ1) is 16.9. The van der Waals surface area contributed by atoms with E-state index in [0.29, 0.717) is 22.6 Å². The Kier molecular flexibility index (Phi) is 7.11. The summed E-state index contributed by atoms with van der Waals surface area (Å²) < 4.78 is 10.7. The predicted octanol–water partition coefficient (Wildman–Crippen LogP) is 3.31. The maximum atomic E-state index is 13.2. The highest BCUT2D eigenvalue weighted by atomic mass is 16.7. The summed E-state index contributed by atoms with van der Waals surface area (Å²) in [6.07, 6.45) is 1.55. The predicted molar refractivity (Wildman–Crippen MR) is 129 cm³/mol. The molecular weight excluding hydrogens is 448 g/mol. The molecule has 0 aromatic heterocycles. The monoisotopic (exact) mass is 472 g/mol. The number of benzene rings is 3. The van der Waals surface area contributed by atoms with E-state index in [9.17, 15) is 19.5 Å². The largest absolute Gasteiger partial charge is 0.480 e. The van der Waals surface area contributed by atoms with Crippen molar-refractivity contribution in [2.75, 3.05) is 6.79 Å². The van der Waals surface area contributed by atoms with E-state index in [4.69, 9.17) is 9.47 Å². The van der Waals surface area contributed by atoms with Gasteiger partial charge in [-0.2, -0.15) is 0 Å². The first-order valence-corrected chi connectivity index (χ1v) is 11.0. The lowest BCUT2D eigenvalue weighted by Crippen LogP contribution is -2.45. The molecule has 8 nitrogen and oxygen atoms in total. The van der Waals surface area contributed by atoms with Gasteiger partial charge in [-0.25, -0.2) is 4.79 Å². The third-order valence-electron chi connectivity index (χ3n) is 5.40.